The molecule has 0 fully saturated rings. The van der Waals surface area contributed by atoms with Gasteiger partial charge in [-0.15, -0.1) is 0 Å². The topological polar surface area (TPSA) is 96.9 Å². The molecule has 0 radical (unpaired) electrons. The van der Waals surface area contributed by atoms with Crippen molar-refractivity contribution in [3.63, 3.8) is 0 Å². The van der Waals surface area contributed by atoms with E-state index in [0.717, 1.165) is 11.3 Å². The summed E-state index contributed by atoms with van der Waals surface area (Å²) in [5.74, 6) is 1.33. The Morgan fingerprint density at radius 2 is 1.72 bits per heavy atom. The van der Waals surface area contributed by atoms with Crippen molar-refractivity contribution in [1.82, 2.24) is 5.32 Å². The van der Waals surface area contributed by atoms with Crippen molar-refractivity contribution in [2.45, 2.75) is 22.8 Å². The summed E-state index contributed by atoms with van der Waals surface area (Å²) in [5, 5.41) is 16.5. The average molecular weight is 455 g/mol. The first-order valence-electron chi connectivity index (χ1n) is 10.4. The van der Waals surface area contributed by atoms with E-state index in [0.29, 0.717) is 36.8 Å². The van der Waals surface area contributed by atoms with E-state index < -0.39 is 15.9 Å². The van der Waals surface area contributed by atoms with E-state index in [9.17, 15) is 13.5 Å². The molecule has 0 spiro atoms. The van der Waals surface area contributed by atoms with Crippen LogP contribution in [0.15, 0.2) is 76.5 Å². The van der Waals surface area contributed by atoms with Crippen LogP contribution in [0, 0.1) is 6.92 Å². The molecule has 0 saturated carbocycles. The number of hydrogen-bond acceptors (Lipinski definition) is 7. The summed E-state index contributed by atoms with van der Waals surface area (Å²) in [4.78, 5) is 0.466. The van der Waals surface area contributed by atoms with Gasteiger partial charge in [-0.1, -0.05) is 30.3 Å². The molecule has 0 amide bonds. The number of fused-ring (bicyclic) bond motifs is 2. The number of para-hydroxylation sites is 2. The standard InChI is InChI=1S/C24H26N2O5S/c1-17-6-2-4-8-22(17)30-13-12-25-15-18(27)16-31-19-10-11-24-21(14-19)26-20-7-3-5-9-23(20)32(24,28)29/h2-11,14,18,25-27H,12-13,15-16H2,1H3. The average Bonchev–Trinajstić information content (AvgIpc) is 2.78. The molecule has 1 aliphatic rings. The highest BCUT2D eigenvalue weighted by atomic mass is 32.2. The second kappa shape index (κ2) is 9.60. The van der Waals surface area contributed by atoms with E-state index in [-0.39, 0.29) is 16.4 Å². The van der Waals surface area contributed by atoms with Crippen molar-refractivity contribution in [1.29, 1.82) is 0 Å². The van der Waals surface area contributed by atoms with E-state index >= 15 is 0 Å². The largest absolute Gasteiger partial charge is 0.492 e. The van der Waals surface area contributed by atoms with E-state index in [4.69, 9.17) is 9.47 Å². The first-order chi connectivity index (χ1) is 15.4. The van der Waals surface area contributed by atoms with Crippen LogP contribution in [0.2, 0.25) is 0 Å². The third-order valence-corrected chi connectivity index (χ3v) is 7.01. The Labute approximate surface area is 187 Å². The van der Waals surface area contributed by atoms with Gasteiger partial charge in [-0.05, 0) is 42.8 Å². The van der Waals surface area contributed by atoms with Crippen molar-refractivity contribution >= 4 is 21.2 Å². The minimum Gasteiger partial charge on any atom is -0.492 e. The van der Waals surface area contributed by atoms with Gasteiger partial charge < -0.3 is 25.2 Å². The molecule has 0 aliphatic carbocycles. The molecular formula is C24H26N2O5S. The van der Waals surface area contributed by atoms with Gasteiger partial charge in [-0.3, -0.25) is 0 Å². The van der Waals surface area contributed by atoms with Crippen molar-refractivity contribution in [2.75, 3.05) is 31.6 Å². The number of hydrogen-bond donors (Lipinski definition) is 3. The van der Waals surface area contributed by atoms with E-state index in [1.54, 1.807) is 36.4 Å². The zero-order valence-electron chi connectivity index (χ0n) is 17.7. The monoisotopic (exact) mass is 454 g/mol. The van der Waals surface area contributed by atoms with Crippen LogP contribution in [-0.2, 0) is 9.84 Å². The minimum atomic E-state index is -3.58. The molecule has 0 bridgehead atoms. The van der Waals surface area contributed by atoms with Crippen molar-refractivity contribution < 1.29 is 23.0 Å². The lowest BCUT2D eigenvalue weighted by atomic mass is 10.2. The molecule has 8 heteroatoms. The summed E-state index contributed by atoms with van der Waals surface area (Å²) in [7, 11) is -3.58. The molecule has 3 aromatic rings. The fraction of sp³-hybridized carbons (Fsp3) is 0.250. The van der Waals surface area contributed by atoms with Crippen LogP contribution in [0.4, 0.5) is 11.4 Å². The van der Waals surface area contributed by atoms with E-state index in [1.807, 2.05) is 31.2 Å². The zero-order valence-corrected chi connectivity index (χ0v) is 18.6. The van der Waals surface area contributed by atoms with Crippen LogP contribution in [0.1, 0.15) is 5.56 Å². The SMILES string of the molecule is Cc1ccccc1OCCNCC(O)COc1ccc2c(c1)Nc1ccccc1S2(=O)=O. The van der Waals surface area contributed by atoms with Crippen molar-refractivity contribution in [3.8, 4) is 11.5 Å². The number of sulfone groups is 1. The molecule has 7 nitrogen and oxygen atoms in total. The fourth-order valence-electron chi connectivity index (χ4n) is 3.47. The normalized spacial score (nSPS) is 14.6. The Bertz CT molecular complexity index is 1200. The molecular weight excluding hydrogens is 428 g/mol. The fourth-order valence-corrected chi connectivity index (χ4v) is 5.02. The molecule has 32 heavy (non-hydrogen) atoms. The van der Waals surface area contributed by atoms with Gasteiger partial charge in [0.05, 0.1) is 21.2 Å². The van der Waals surface area contributed by atoms with Crippen molar-refractivity contribution in [2.24, 2.45) is 0 Å². The number of anilines is 2. The number of rotatable bonds is 9. The number of aliphatic hydroxyl groups excluding tert-OH is 1. The third-order valence-electron chi connectivity index (χ3n) is 5.14. The predicted octanol–water partition coefficient (Wildman–Crippen LogP) is 3.29. The zero-order chi connectivity index (χ0) is 22.6. The molecule has 0 aromatic heterocycles. The summed E-state index contributed by atoms with van der Waals surface area (Å²) < 4.78 is 37.0. The molecule has 168 valence electrons. The maximum Gasteiger partial charge on any atom is 0.210 e. The summed E-state index contributed by atoms with van der Waals surface area (Å²) in [5.41, 5.74) is 2.08. The lowest BCUT2D eigenvalue weighted by Crippen LogP contribution is -2.33. The lowest BCUT2D eigenvalue weighted by Gasteiger charge is -2.22. The lowest BCUT2D eigenvalue weighted by molar-refractivity contribution is 0.105. The number of benzene rings is 3. The van der Waals surface area contributed by atoms with Gasteiger partial charge in [-0.25, -0.2) is 8.42 Å². The second-order valence-corrected chi connectivity index (χ2v) is 9.45. The van der Waals surface area contributed by atoms with Gasteiger partial charge in [0.1, 0.15) is 30.8 Å². The Hall–Kier alpha value is -3.07. The molecule has 4 rings (SSSR count). The summed E-state index contributed by atoms with van der Waals surface area (Å²) >= 11 is 0. The van der Waals surface area contributed by atoms with Crippen molar-refractivity contribution in [3.05, 3.63) is 72.3 Å². The maximum absolute atomic E-state index is 12.8. The molecule has 1 aliphatic heterocycles. The molecule has 1 atom stereocenters. The highest BCUT2D eigenvalue weighted by Gasteiger charge is 2.29. The second-order valence-electron chi connectivity index (χ2n) is 7.57. The van der Waals surface area contributed by atoms with Crippen LogP contribution >= 0.6 is 0 Å². The van der Waals surface area contributed by atoms with Crippen LogP contribution < -0.4 is 20.1 Å². The maximum atomic E-state index is 12.8. The first kappa shape index (κ1) is 22.1. The molecule has 1 unspecified atom stereocenters. The van der Waals surface area contributed by atoms with Crippen LogP contribution in [-0.4, -0.2) is 45.9 Å². The van der Waals surface area contributed by atoms with Crippen LogP contribution in [0.3, 0.4) is 0 Å². The molecule has 3 N–H and O–H groups in total. The van der Waals surface area contributed by atoms with Crippen LogP contribution in [0.25, 0.3) is 0 Å². The van der Waals surface area contributed by atoms with Gasteiger partial charge >= 0.3 is 0 Å². The number of nitrogens with one attached hydrogen (secondary N) is 2. The highest BCUT2D eigenvalue weighted by molar-refractivity contribution is 7.92. The first-order valence-corrected chi connectivity index (χ1v) is 11.9. The number of aryl methyl sites for hydroxylation is 1. The van der Waals surface area contributed by atoms with Gasteiger partial charge in [0.25, 0.3) is 0 Å². The van der Waals surface area contributed by atoms with Gasteiger partial charge in [-0.2, -0.15) is 0 Å². The molecule has 3 aromatic carbocycles. The third kappa shape index (κ3) is 4.88. The Morgan fingerprint density at radius 1 is 0.969 bits per heavy atom. The minimum absolute atomic E-state index is 0.0772. The smallest absolute Gasteiger partial charge is 0.210 e. The molecule has 1 heterocycles. The predicted molar refractivity (Wildman–Crippen MR) is 123 cm³/mol. The summed E-state index contributed by atoms with van der Waals surface area (Å²) in [6.45, 7) is 3.50. The Balaban J connectivity index is 1.26. The van der Waals surface area contributed by atoms with E-state index in [2.05, 4.69) is 10.6 Å². The number of aliphatic hydroxyl groups is 1. The van der Waals surface area contributed by atoms with Gasteiger partial charge in [0.2, 0.25) is 9.84 Å². The van der Waals surface area contributed by atoms with Gasteiger partial charge in [0.15, 0.2) is 0 Å². The quantitative estimate of drug-likeness (QED) is 0.334. The Morgan fingerprint density at radius 3 is 2.56 bits per heavy atom. The Kier molecular flexibility index (Phi) is 6.64. The van der Waals surface area contributed by atoms with E-state index in [1.165, 1.54) is 6.07 Å². The summed E-state index contributed by atoms with van der Waals surface area (Å²) in [6, 6.07) is 19.4. The summed E-state index contributed by atoms with van der Waals surface area (Å²) in [6.07, 6.45) is -0.720. The highest BCUT2D eigenvalue weighted by Crippen LogP contribution is 2.40. The number of ether oxygens (including phenoxy) is 2. The van der Waals surface area contributed by atoms with Gasteiger partial charge in [0, 0.05) is 19.2 Å². The van der Waals surface area contributed by atoms with Crippen LogP contribution in [0.5, 0.6) is 11.5 Å². The molecule has 0 saturated heterocycles.